The van der Waals surface area contributed by atoms with Crippen molar-refractivity contribution in [3.05, 3.63) is 70.6 Å². The minimum absolute atomic E-state index is 0.0523. The van der Waals surface area contributed by atoms with Crippen molar-refractivity contribution < 1.29 is 9.59 Å². The number of rotatable bonds is 10. The Labute approximate surface area is 203 Å². The molecule has 2 heterocycles. The van der Waals surface area contributed by atoms with E-state index in [-0.39, 0.29) is 17.9 Å². The van der Waals surface area contributed by atoms with Crippen LogP contribution in [0.25, 0.3) is 22.0 Å². The van der Waals surface area contributed by atoms with Crippen LogP contribution in [-0.4, -0.2) is 33.8 Å². The van der Waals surface area contributed by atoms with Crippen molar-refractivity contribution in [2.45, 2.75) is 45.1 Å². The Kier molecular flexibility index (Phi) is 7.69. The lowest BCUT2D eigenvalue weighted by Gasteiger charge is -2.16. The third-order valence-corrected chi connectivity index (χ3v) is 6.82. The van der Waals surface area contributed by atoms with Gasteiger partial charge in [0.05, 0.1) is 29.6 Å². The molecule has 0 saturated carbocycles. The van der Waals surface area contributed by atoms with Crippen molar-refractivity contribution in [2.24, 2.45) is 0 Å². The molecule has 8 heteroatoms. The maximum absolute atomic E-state index is 12.7. The molecule has 2 amide bonds. The van der Waals surface area contributed by atoms with E-state index in [1.165, 1.54) is 27.7 Å². The van der Waals surface area contributed by atoms with Crippen LogP contribution < -0.4 is 10.6 Å². The molecule has 3 N–H and O–H groups in total. The zero-order valence-electron chi connectivity index (χ0n) is 19.4. The van der Waals surface area contributed by atoms with Gasteiger partial charge in [0.25, 0.3) is 5.91 Å². The average Bonchev–Trinajstić information content (AvgIpc) is 3.56. The maximum atomic E-state index is 12.7. The zero-order chi connectivity index (χ0) is 23.9. The second-order valence-electron chi connectivity index (χ2n) is 8.31. The fraction of sp³-hybridized carbons (Fsp3) is 0.308. The Morgan fingerprint density at radius 2 is 1.94 bits per heavy atom. The molecule has 0 unspecified atom stereocenters. The predicted octanol–water partition coefficient (Wildman–Crippen LogP) is 5.16. The number of benzene rings is 2. The first-order chi connectivity index (χ1) is 16.6. The fourth-order valence-electron chi connectivity index (χ4n) is 4.14. The lowest BCUT2D eigenvalue weighted by molar-refractivity contribution is -0.120. The van der Waals surface area contributed by atoms with Gasteiger partial charge in [-0.05, 0) is 36.1 Å². The van der Waals surface area contributed by atoms with Crippen LogP contribution in [0.1, 0.15) is 59.2 Å². The Balaban J connectivity index is 1.52. The van der Waals surface area contributed by atoms with Crippen molar-refractivity contribution in [2.75, 3.05) is 7.05 Å². The van der Waals surface area contributed by atoms with Gasteiger partial charge in [0.1, 0.15) is 10.7 Å². The molecule has 0 radical (unpaired) electrons. The highest BCUT2D eigenvalue weighted by atomic mass is 32.1. The molecule has 2 aromatic carbocycles. The molecule has 176 valence electrons. The van der Waals surface area contributed by atoms with Crippen LogP contribution in [-0.2, 0) is 4.79 Å². The molecule has 34 heavy (non-hydrogen) atoms. The van der Waals surface area contributed by atoms with Gasteiger partial charge in [-0.15, -0.1) is 11.3 Å². The number of fused-ring (bicyclic) bond motifs is 1. The first kappa shape index (κ1) is 23.6. The number of thiazole rings is 1. The Morgan fingerprint density at radius 1 is 1.09 bits per heavy atom. The van der Waals surface area contributed by atoms with E-state index in [0.717, 1.165) is 42.8 Å². The summed E-state index contributed by atoms with van der Waals surface area (Å²) in [5, 5.41) is 8.18. The number of amides is 2. The van der Waals surface area contributed by atoms with E-state index >= 15 is 0 Å². The van der Waals surface area contributed by atoms with Gasteiger partial charge >= 0.3 is 0 Å². The minimum atomic E-state index is -0.260. The summed E-state index contributed by atoms with van der Waals surface area (Å²) in [4.78, 5) is 36.9. The molecular formula is C26H29N5O2S. The summed E-state index contributed by atoms with van der Waals surface area (Å²) < 4.78 is 0. The highest BCUT2D eigenvalue weighted by Gasteiger charge is 2.20. The number of nitrogens with one attached hydrogen (secondary N) is 3. The van der Waals surface area contributed by atoms with Crippen LogP contribution >= 0.6 is 11.3 Å². The van der Waals surface area contributed by atoms with E-state index in [4.69, 9.17) is 0 Å². The summed E-state index contributed by atoms with van der Waals surface area (Å²) in [6.07, 6.45) is 7.24. The summed E-state index contributed by atoms with van der Waals surface area (Å²) in [6.45, 7) is 2.12. The molecule has 0 aliphatic heterocycles. The molecule has 2 aromatic heterocycles. The lowest BCUT2D eigenvalue weighted by atomic mass is 9.98. The Bertz CT molecular complexity index is 1270. The molecule has 1 atom stereocenters. The third-order valence-electron chi connectivity index (χ3n) is 6.05. The number of hydrogen-bond acceptors (Lipinski definition) is 5. The highest BCUT2D eigenvalue weighted by molar-refractivity contribution is 7.11. The molecule has 4 aromatic rings. The van der Waals surface area contributed by atoms with Gasteiger partial charge in [0.15, 0.2) is 0 Å². The molecule has 0 aliphatic rings. The summed E-state index contributed by atoms with van der Waals surface area (Å²) in [6, 6.07) is 12.3. The van der Waals surface area contributed by atoms with E-state index in [0.29, 0.717) is 11.3 Å². The van der Waals surface area contributed by atoms with Crippen LogP contribution in [0.5, 0.6) is 0 Å². The number of nitrogens with zero attached hydrogens (tertiary/aromatic N) is 2. The number of imidazole rings is 1. The van der Waals surface area contributed by atoms with Crippen LogP contribution in [0.3, 0.4) is 0 Å². The highest BCUT2D eigenvalue weighted by Crippen LogP contribution is 2.30. The third kappa shape index (κ3) is 5.51. The van der Waals surface area contributed by atoms with Gasteiger partial charge in [-0.25, -0.2) is 4.98 Å². The Hall–Kier alpha value is -3.52. The SMILES string of the molecule is CNC(=O)CCCCC[C@H](NC(=O)c1cncs1)c1ncc(-c2ccc3ccccc3c2C)[nH]1. The van der Waals surface area contributed by atoms with Crippen LogP contribution in [0.2, 0.25) is 0 Å². The van der Waals surface area contributed by atoms with Crippen molar-refractivity contribution >= 4 is 33.9 Å². The van der Waals surface area contributed by atoms with Gasteiger partial charge in [-0.1, -0.05) is 49.2 Å². The molecule has 0 aliphatic carbocycles. The van der Waals surface area contributed by atoms with Crippen molar-refractivity contribution in [3.8, 4) is 11.3 Å². The summed E-state index contributed by atoms with van der Waals surface area (Å²) >= 11 is 1.31. The van der Waals surface area contributed by atoms with Crippen LogP contribution in [0.15, 0.2) is 54.3 Å². The molecule has 0 fully saturated rings. The molecular weight excluding hydrogens is 446 g/mol. The standard InChI is InChI=1S/C26H29N5O2S/c1-17-19-9-7-6-8-18(19)12-13-20(17)22-14-29-25(30-22)21(10-4-3-5-11-24(32)27-2)31-26(33)23-15-28-16-34-23/h6-9,12-16,21H,3-5,10-11H2,1-2H3,(H,27,32)(H,29,30)(H,31,33)/t21-/m0/s1. The molecule has 0 saturated heterocycles. The molecule has 0 spiro atoms. The van der Waals surface area contributed by atoms with E-state index < -0.39 is 0 Å². The largest absolute Gasteiger partial charge is 0.359 e. The normalized spacial score (nSPS) is 11.9. The topological polar surface area (TPSA) is 99.8 Å². The number of aromatic amines is 1. The minimum Gasteiger partial charge on any atom is -0.359 e. The van der Waals surface area contributed by atoms with Crippen LogP contribution in [0.4, 0.5) is 0 Å². The lowest BCUT2D eigenvalue weighted by Crippen LogP contribution is -2.28. The number of H-pyrrole nitrogens is 1. The molecule has 4 rings (SSSR count). The monoisotopic (exact) mass is 475 g/mol. The summed E-state index contributed by atoms with van der Waals surface area (Å²) in [5.41, 5.74) is 4.86. The number of hydrogen-bond donors (Lipinski definition) is 3. The van der Waals surface area contributed by atoms with Gasteiger partial charge < -0.3 is 15.6 Å². The van der Waals surface area contributed by atoms with Crippen LogP contribution in [0, 0.1) is 6.92 Å². The number of unbranched alkanes of at least 4 members (excludes halogenated alkanes) is 2. The number of aryl methyl sites for hydroxylation is 1. The van der Waals surface area contributed by atoms with Gasteiger partial charge in [-0.2, -0.15) is 0 Å². The fourth-order valence-corrected chi connectivity index (χ4v) is 4.66. The second kappa shape index (κ2) is 11.1. The smallest absolute Gasteiger partial charge is 0.263 e. The summed E-state index contributed by atoms with van der Waals surface area (Å²) in [5.74, 6) is 0.626. The second-order valence-corrected chi connectivity index (χ2v) is 9.19. The van der Waals surface area contributed by atoms with Crippen molar-refractivity contribution in [3.63, 3.8) is 0 Å². The average molecular weight is 476 g/mol. The number of carbonyl (C=O) groups is 2. The van der Waals surface area contributed by atoms with Gasteiger partial charge in [0, 0.05) is 19.0 Å². The molecule has 0 bridgehead atoms. The van der Waals surface area contributed by atoms with E-state index in [9.17, 15) is 9.59 Å². The number of carbonyl (C=O) groups excluding carboxylic acids is 2. The zero-order valence-corrected chi connectivity index (χ0v) is 20.2. The van der Waals surface area contributed by atoms with Gasteiger partial charge in [-0.3, -0.25) is 14.6 Å². The van der Waals surface area contributed by atoms with Crippen molar-refractivity contribution in [1.82, 2.24) is 25.6 Å². The number of aromatic nitrogens is 3. The first-order valence-corrected chi connectivity index (χ1v) is 12.4. The van der Waals surface area contributed by atoms with E-state index in [1.54, 1.807) is 18.8 Å². The quantitative estimate of drug-likeness (QED) is 0.276. The summed E-state index contributed by atoms with van der Waals surface area (Å²) in [7, 11) is 1.65. The Morgan fingerprint density at radius 3 is 2.74 bits per heavy atom. The maximum Gasteiger partial charge on any atom is 0.263 e. The molecule has 7 nitrogen and oxygen atoms in total. The van der Waals surface area contributed by atoms with E-state index in [2.05, 4.69) is 56.8 Å². The first-order valence-electron chi connectivity index (χ1n) is 11.5. The van der Waals surface area contributed by atoms with E-state index in [1.807, 2.05) is 18.3 Å². The predicted molar refractivity (Wildman–Crippen MR) is 136 cm³/mol. The van der Waals surface area contributed by atoms with Crippen molar-refractivity contribution in [1.29, 1.82) is 0 Å². The van der Waals surface area contributed by atoms with Gasteiger partial charge in [0.2, 0.25) is 5.91 Å².